The van der Waals surface area contributed by atoms with Crippen LogP contribution in [0.25, 0.3) is 0 Å². The van der Waals surface area contributed by atoms with E-state index in [0.717, 1.165) is 11.1 Å². The van der Waals surface area contributed by atoms with Crippen LogP contribution in [0, 0.1) is 6.92 Å². The van der Waals surface area contributed by atoms with Gasteiger partial charge in [-0.1, -0.05) is 45.0 Å². The number of aromatic nitrogens is 1. The standard InChI is InChI=1S/C17H21NO/c1-12-9-10-18-15(11-12)16(19)13-5-7-14(8-6-13)17(2,3)4/h5-11,16,19H,1-4H3. The van der Waals surface area contributed by atoms with Crippen molar-refractivity contribution in [1.82, 2.24) is 4.98 Å². The van der Waals surface area contributed by atoms with Gasteiger partial charge < -0.3 is 5.11 Å². The molecule has 1 heterocycles. The van der Waals surface area contributed by atoms with E-state index in [1.165, 1.54) is 5.56 Å². The van der Waals surface area contributed by atoms with Crippen LogP contribution in [0.3, 0.4) is 0 Å². The van der Waals surface area contributed by atoms with Crippen molar-refractivity contribution in [3.05, 3.63) is 65.0 Å². The minimum absolute atomic E-state index is 0.130. The van der Waals surface area contributed by atoms with Crippen LogP contribution in [-0.4, -0.2) is 10.1 Å². The predicted molar refractivity (Wildman–Crippen MR) is 78.2 cm³/mol. The van der Waals surface area contributed by atoms with Crippen LogP contribution in [0.4, 0.5) is 0 Å². The number of hydrogen-bond acceptors (Lipinski definition) is 2. The molecule has 2 heteroatoms. The second-order valence-electron chi connectivity index (χ2n) is 6.03. The number of hydrogen-bond donors (Lipinski definition) is 1. The molecule has 1 N–H and O–H groups in total. The van der Waals surface area contributed by atoms with Gasteiger partial charge in [-0.25, -0.2) is 0 Å². The molecule has 0 radical (unpaired) electrons. The van der Waals surface area contributed by atoms with Crippen LogP contribution in [0.15, 0.2) is 42.6 Å². The zero-order valence-electron chi connectivity index (χ0n) is 12.0. The number of benzene rings is 1. The van der Waals surface area contributed by atoms with Crippen molar-refractivity contribution in [2.75, 3.05) is 0 Å². The quantitative estimate of drug-likeness (QED) is 0.886. The third kappa shape index (κ3) is 3.21. The van der Waals surface area contributed by atoms with Gasteiger partial charge in [0, 0.05) is 6.20 Å². The van der Waals surface area contributed by atoms with Gasteiger partial charge in [-0.3, -0.25) is 4.98 Å². The van der Waals surface area contributed by atoms with Gasteiger partial charge in [-0.05, 0) is 41.2 Å². The first kappa shape index (κ1) is 13.8. The highest BCUT2D eigenvalue weighted by atomic mass is 16.3. The Hall–Kier alpha value is -1.67. The molecule has 19 heavy (non-hydrogen) atoms. The number of nitrogens with zero attached hydrogens (tertiary/aromatic N) is 1. The Bertz CT molecular complexity index is 552. The van der Waals surface area contributed by atoms with E-state index in [4.69, 9.17) is 0 Å². The SMILES string of the molecule is Cc1ccnc(C(O)c2ccc(C(C)(C)C)cc2)c1. The minimum atomic E-state index is -0.658. The second kappa shape index (κ2) is 5.14. The molecule has 1 unspecified atom stereocenters. The summed E-state index contributed by atoms with van der Waals surface area (Å²) in [5, 5.41) is 10.3. The van der Waals surface area contributed by atoms with Crippen LogP contribution in [0.2, 0.25) is 0 Å². The Kier molecular flexibility index (Phi) is 3.72. The highest BCUT2D eigenvalue weighted by Gasteiger charge is 2.16. The fourth-order valence-corrected chi connectivity index (χ4v) is 2.05. The van der Waals surface area contributed by atoms with E-state index in [1.807, 2.05) is 31.2 Å². The van der Waals surface area contributed by atoms with Crippen molar-refractivity contribution < 1.29 is 5.11 Å². The summed E-state index contributed by atoms with van der Waals surface area (Å²) < 4.78 is 0. The van der Waals surface area contributed by atoms with Crippen molar-refractivity contribution in [2.24, 2.45) is 0 Å². The summed E-state index contributed by atoms with van der Waals surface area (Å²) >= 11 is 0. The third-order valence-corrected chi connectivity index (χ3v) is 3.31. The molecular formula is C17H21NO. The van der Waals surface area contributed by atoms with E-state index in [1.54, 1.807) is 6.20 Å². The van der Waals surface area contributed by atoms with Gasteiger partial charge in [0.2, 0.25) is 0 Å². The number of pyridine rings is 1. The molecule has 1 aromatic carbocycles. The molecule has 0 spiro atoms. The lowest BCUT2D eigenvalue weighted by Crippen LogP contribution is -2.11. The van der Waals surface area contributed by atoms with E-state index < -0.39 is 6.10 Å². The van der Waals surface area contributed by atoms with Gasteiger partial charge >= 0.3 is 0 Å². The topological polar surface area (TPSA) is 33.1 Å². The summed E-state index contributed by atoms with van der Waals surface area (Å²) in [5.41, 5.74) is 4.08. The number of rotatable bonds is 2. The van der Waals surface area contributed by atoms with Crippen molar-refractivity contribution in [2.45, 2.75) is 39.2 Å². The van der Waals surface area contributed by atoms with Gasteiger partial charge in [0.15, 0.2) is 0 Å². The Balaban J connectivity index is 2.27. The molecule has 0 aliphatic rings. The summed E-state index contributed by atoms with van der Waals surface area (Å²) in [7, 11) is 0. The molecule has 2 rings (SSSR count). The molecule has 0 fully saturated rings. The van der Waals surface area contributed by atoms with Crippen LogP contribution >= 0.6 is 0 Å². The monoisotopic (exact) mass is 255 g/mol. The average Bonchev–Trinajstić information content (AvgIpc) is 2.37. The third-order valence-electron chi connectivity index (χ3n) is 3.31. The van der Waals surface area contributed by atoms with Crippen LogP contribution < -0.4 is 0 Å². The smallest absolute Gasteiger partial charge is 0.121 e. The van der Waals surface area contributed by atoms with Crippen molar-refractivity contribution >= 4 is 0 Å². The molecule has 0 saturated carbocycles. The van der Waals surface area contributed by atoms with E-state index in [-0.39, 0.29) is 5.41 Å². The Morgan fingerprint density at radius 2 is 1.68 bits per heavy atom. The molecular weight excluding hydrogens is 234 g/mol. The summed E-state index contributed by atoms with van der Waals surface area (Å²) in [4.78, 5) is 4.24. The van der Waals surface area contributed by atoms with Crippen LogP contribution in [-0.2, 0) is 5.41 Å². The molecule has 0 amide bonds. The molecule has 1 aromatic heterocycles. The zero-order chi connectivity index (χ0) is 14.0. The van der Waals surface area contributed by atoms with Gasteiger partial charge in [-0.2, -0.15) is 0 Å². The first-order chi connectivity index (χ1) is 8.88. The van der Waals surface area contributed by atoms with E-state index in [9.17, 15) is 5.11 Å². The maximum Gasteiger partial charge on any atom is 0.121 e. The fraction of sp³-hybridized carbons (Fsp3) is 0.353. The van der Waals surface area contributed by atoms with Crippen molar-refractivity contribution in [3.8, 4) is 0 Å². The lowest BCUT2D eigenvalue weighted by atomic mass is 9.86. The van der Waals surface area contributed by atoms with Crippen LogP contribution in [0.1, 0.15) is 49.3 Å². The molecule has 100 valence electrons. The van der Waals surface area contributed by atoms with Crippen molar-refractivity contribution in [1.29, 1.82) is 0 Å². The van der Waals surface area contributed by atoms with Crippen molar-refractivity contribution in [3.63, 3.8) is 0 Å². The van der Waals surface area contributed by atoms with E-state index >= 15 is 0 Å². The fourth-order valence-electron chi connectivity index (χ4n) is 2.05. The predicted octanol–water partition coefficient (Wildman–Crippen LogP) is 3.77. The highest BCUT2D eigenvalue weighted by molar-refractivity contribution is 5.32. The summed E-state index contributed by atoms with van der Waals surface area (Å²) in [6, 6.07) is 12.0. The largest absolute Gasteiger partial charge is 0.382 e. The molecule has 1 atom stereocenters. The Morgan fingerprint density at radius 3 is 2.21 bits per heavy atom. The molecule has 2 aromatic rings. The Labute approximate surface area is 115 Å². The number of aliphatic hydroxyl groups is 1. The first-order valence-corrected chi connectivity index (χ1v) is 6.59. The summed E-state index contributed by atoms with van der Waals surface area (Å²) in [6.45, 7) is 8.54. The zero-order valence-corrected chi connectivity index (χ0v) is 12.0. The molecule has 0 aliphatic carbocycles. The minimum Gasteiger partial charge on any atom is -0.382 e. The molecule has 0 aliphatic heterocycles. The van der Waals surface area contributed by atoms with Gasteiger partial charge in [-0.15, -0.1) is 0 Å². The summed E-state index contributed by atoms with van der Waals surface area (Å²) in [6.07, 6.45) is 1.08. The van der Waals surface area contributed by atoms with E-state index in [0.29, 0.717) is 5.69 Å². The number of aryl methyl sites for hydroxylation is 1. The van der Waals surface area contributed by atoms with E-state index in [2.05, 4.69) is 37.9 Å². The Morgan fingerprint density at radius 1 is 1.05 bits per heavy atom. The average molecular weight is 255 g/mol. The van der Waals surface area contributed by atoms with Gasteiger partial charge in [0.1, 0.15) is 6.10 Å². The lowest BCUT2D eigenvalue weighted by Gasteiger charge is -2.20. The second-order valence-corrected chi connectivity index (χ2v) is 6.03. The highest BCUT2D eigenvalue weighted by Crippen LogP contribution is 2.26. The normalized spacial score (nSPS) is 13.3. The molecule has 0 saturated heterocycles. The molecule has 0 bridgehead atoms. The van der Waals surface area contributed by atoms with Gasteiger partial charge in [0.05, 0.1) is 5.69 Å². The maximum atomic E-state index is 10.3. The molecule has 2 nitrogen and oxygen atoms in total. The number of aliphatic hydroxyl groups excluding tert-OH is 1. The van der Waals surface area contributed by atoms with Crippen LogP contribution in [0.5, 0.6) is 0 Å². The maximum absolute atomic E-state index is 10.3. The lowest BCUT2D eigenvalue weighted by molar-refractivity contribution is 0.215. The first-order valence-electron chi connectivity index (χ1n) is 6.59. The van der Waals surface area contributed by atoms with Gasteiger partial charge in [0.25, 0.3) is 0 Å². The summed E-state index contributed by atoms with van der Waals surface area (Å²) in [5.74, 6) is 0.